The highest BCUT2D eigenvalue weighted by Gasteiger charge is 1.94. The van der Waals surface area contributed by atoms with Gasteiger partial charge in [0.25, 0.3) is 0 Å². The molecule has 0 saturated heterocycles. The molecule has 56 valence electrons. The standard InChI is InChI=1S/C8H9N3/c1-2-10-7-4-3-5-11-8(7)6-9/h2-6,9H,1H3. The molecule has 1 aromatic heterocycles. The summed E-state index contributed by atoms with van der Waals surface area (Å²) in [5.74, 6) is 0. The predicted octanol–water partition coefficient (Wildman–Crippen LogP) is 1.80. The van der Waals surface area contributed by atoms with Crippen LogP contribution in [0.2, 0.25) is 0 Å². The monoisotopic (exact) mass is 147 g/mol. The Morgan fingerprint density at radius 3 is 3.09 bits per heavy atom. The molecule has 1 rings (SSSR count). The van der Waals surface area contributed by atoms with E-state index in [1.165, 1.54) is 6.21 Å². The van der Waals surface area contributed by atoms with Gasteiger partial charge >= 0.3 is 0 Å². The lowest BCUT2D eigenvalue weighted by Gasteiger charge is -1.94. The first-order chi connectivity index (χ1) is 5.38. The number of pyridine rings is 1. The molecule has 3 nitrogen and oxygen atoms in total. The Morgan fingerprint density at radius 2 is 2.45 bits per heavy atom. The van der Waals surface area contributed by atoms with E-state index in [9.17, 15) is 0 Å². The third kappa shape index (κ3) is 1.70. The molecule has 0 saturated carbocycles. The Balaban J connectivity index is 3.11. The summed E-state index contributed by atoms with van der Waals surface area (Å²) in [6.45, 7) is 1.83. The highest BCUT2D eigenvalue weighted by molar-refractivity contribution is 5.82. The zero-order valence-electron chi connectivity index (χ0n) is 6.28. The fourth-order valence-electron chi connectivity index (χ4n) is 0.768. The summed E-state index contributed by atoms with van der Waals surface area (Å²) in [5, 5.41) is 7.00. The van der Waals surface area contributed by atoms with Crippen LogP contribution >= 0.6 is 0 Å². The minimum Gasteiger partial charge on any atom is -0.306 e. The summed E-state index contributed by atoms with van der Waals surface area (Å²) in [5.41, 5.74) is 1.34. The van der Waals surface area contributed by atoms with E-state index < -0.39 is 0 Å². The SMILES string of the molecule is CC=Nc1cccnc1C=N. The van der Waals surface area contributed by atoms with Gasteiger partial charge in [0.15, 0.2) is 0 Å². The van der Waals surface area contributed by atoms with E-state index in [0.29, 0.717) is 5.69 Å². The predicted molar refractivity (Wildman–Crippen MR) is 45.9 cm³/mol. The smallest absolute Gasteiger partial charge is 0.106 e. The van der Waals surface area contributed by atoms with Gasteiger partial charge < -0.3 is 5.41 Å². The van der Waals surface area contributed by atoms with Gasteiger partial charge in [-0.15, -0.1) is 0 Å². The van der Waals surface area contributed by atoms with Crippen LogP contribution in [0.15, 0.2) is 23.3 Å². The molecule has 0 spiro atoms. The van der Waals surface area contributed by atoms with Gasteiger partial charge in [0.1, 0.15) is 5.69 Å². The molecule has 0 aliphatic rings. The van der Waals surface area contributed by atoms with Gasteiger partial charge in [0, 0.05) is 18.6 Å². The summed E-state index contributed by atoms with van der Waals surface area (Å²) in [6, 6.07) is 3.63. The van der Waals surface area contributed by atoms with Gasteiger partial charge in [-0.2, -0.15) is 0 Å². The van der Waals surface area contributed by atoms with Crippen LogP contribution in [0, 0.1) is 5.41 Å². The lowest BCUT2D eigenvalue weighted by atomic mass is 10.3. The van der Waals surface area contributed by atoms with Crippen molar-refractivity contribution in [2.75, 3.05) is 0 Å². The third-order valence-corrected chi connectivity index (χ3v) is 1.22. The quantitative estimate of drug-likeness (QED) is 0.637. The number of rotatable bonds is 2. The summed E-state index contributed by atoms with van der Waals surface area (Å²) in [7, 11) is 0. The first-order valence-corrected chi connectivity index (χ1v) is 3.32. The molecule has 1 heterocycles. The van der Waals surface area contributed by atoms with Crippen molar-refractivity contribution in [3.63, 3.8) is 0 Å². The zero-order chi connectivity index (χ0) is 8.10. The second-order valence-electron chi connectivity index (χ2n) is 1.94. The van der Waals surface area contributed by atoms with Gasteiger partial charge in [0.2, 0.25) is 0 Å². The Labute approximate surface area is 65.3 Å². The molecule has 11 heavy (non-hydrogen) atoms. The fraction of sp³-hybridized carbons (Fsp3) is 0.125. The molecule has 0 unspecified atom stereocenters. The number of hydrogen-bond donors (Lipinski definition) is 1. The number of aromatic nitrogens is 1. The van der Waals surface area contributed by atoms with Crippen LogP contribution < -0.4 is 0 Å². The average Bonchev–Trinajstić information content (AvgIpc) is 2.06. The maximum absolute atomic E-state index is 7.00. The zero-order valence-corrected chi connectivity index (χ0v) is 6.28. The second-order valence-corrected chi connectivity index (χ2v) is 1.94. The van der Waals surface area contributed by atoms with Crippen molar-refractivity contribution in [2.24, 2.45) is 4.99 Å². The van der Waals surface area contributed by atoms with Gasteiger partial charge in [-0.3, -0.25) is 9.98 Å². The van der Waals surface area contributed by atoms with E-state index in [-0.39, 0.29) is 0 Å². The molecule has 0 aliphatic heterocycles. The van der Waals surface area contributed by atoms with Gasteiger partial charge in [-0.05, 0) is 19.1 Å². The second kappa shape index (κ2) is 3.61. The Hall–Kier alpha value is -1.51. The van der Waals surface area contributed by atoms with Crippen LogP contribution in [0.4, 0.5) is 5.69 Å². The molecule has 0 aliphatic carbocycles. The third-order valence-electron chi connectivity index (χ3n) is 1.22. The Morgan fingerprint density at radius 1 is 1.64 bits per heavy atom. The van der Waals surface area contributed by atoms with E-state index >= 15 is 0 Å². The van der Waals surface area contributed by atoms with Crippen LogP contribution in [0.25, 0.3) is 0 Å². The van der Waals surface area contributed by atoms with Crippen LogP contribution in [-0.4, -0.2) is 17.4 Å². The molecule has 1 N–H and O–H groups in total. The number of nitrogens with one attached hydrogen (secondary N) is 1. The van der Waals surface area contributed by atoms with E-state index in [1.54, 1.807) is 18.5 Å². The molecule has 0 aromatic carbocycles. The lowest BCUT2D eigenvalue weighted by molar-refractivity contribution is 1.27. The molecular weight excluding hydrogens is 138 g/mol. The highest BCUT2D eigenvalue weighted by Crippen LogP contribution is 2.12. The van der Waals surface area contributed by atoms with Gasteiger partial charge in [-0.25, -0.2) is 0 Å². The molecule has 0 amide bonds. The molecule has 0 fully saturated rings. The van der Waals surface area contributed by atoms with Crippen molar-refractivity contribution in [1.29, 1.82) is 5.41 Å². The Kier molecular flexibility index (Phi) is 2.49. The maximum atomic E-state index is 7.00. The summed E-state index contributed by atoms with van der Waals surface area (Å²) < 4.78 is 0. The van der Waals surface area contributed by atoms with Crippen molar-refractivity contribution >= 4 is 18.1 Å². The summed E-state index contributed by atoms with van der Waals surface area (Å²) in [6.07, 6.45) is 4.53. The molecule has 1 aromatic rings. The largest absolute Gasteiger partial charge is 0.306 e. The molecule has 3 heteroatoms. The van der Waals surface area contributed by atoms with Crippen molar-refractivity contribution in [3.8, 4) is 0 Å². The molecule has 0 bridgehead atoms. The summed E-state index contributed by atoms with van der Waals surface area (Å²) in [4.78, 5) is 8.00. The van der Waals surface area contributed by atoms with Crippen molar-refractivity contribution < 1.29 is 0 Å². The average molecular weight is 147 g/mol. The topological polar surface area (TPSA) is 49.1 Å². The van der Waals surface area contributed by atoms with Gasteiger partial charge in [0.05, 0.1) is 5.69 Å². The van der Waals surface area contributed by atoms with Crippen LogP contribution in [-0.2, 0) is 0 Å². The van der Waals surface area contributed by atoms with Crippen LogP contribution in [0.5, 0.6) is 0 Å². The van der Waals surface area contributed by atoms with Crippen LogP contribution in [0.1, 0.15) is 12.6 Å². The van der Waals surface area contributed by atoms with Crippen LogP contribution in [0.3, 0.4) is 0 Å². The number of aliphatic imine (C=N–C) groups is 1. The fourth-order valence-corrected chi connectivity index (χ4v) is 0.768. The normalized spacial score (nSPS) is 10.3. The molecular formula is C8H9N3. The highest BCUT2D eigenvalue weighted by atomic mass is 14.8. The first kappa shape index (κ1) is 7.60. The molecule has 0 radical (unpaired) electrons. The maximum Gasteiger partial charge on any atom is 0.106 e. The molecule has 0 atom stereocenters. The van der Waals surface area contributed by atoms with Crippen molar-refractivity contribution in [2.45, 2.75) is 6.92 Å². The van der Waals surface area contributed by atoms with E-state index in [2.05, 4.69) is 9.98 Å². The van der Waals surface area contributed by atoms with E-state index in [1.807, 2.05) is 13.0 Å². The lowest BCUT2D eigenvalue weighted by Crippen LogP contribution is -1.85. The Bertz CT molecular complexity index is 278. The minimum atomic E-state index is 0.602. The van der Waals surface area contributed by atoms with Gasteiger partial charge in [-0.1, -0.05) is 0 Å². The van der Waals surface area contributed by atoms with Crippen molar-refractivity contribution in [1.82, 2.24) is 4.98 Å². The minimum absolute atomic E-state index is 0.602. The van der Waals surface area contributed by atoms with E-state index in [4.69, 9.17) is 5.41 Å². The number of nitrogens with zero attached hydrogens (tertiary/aromatic N) is 2. The van der Waals surface area contributed by atoms with E-state index in [0.717, 1.165) is 5.69 Å². The first-order valence-electron chi connectivity index (χ1n) is 3.32. The summed E-state index contributed by atoms with van der Waals surface area (Å²) >= 11 is 0. The number of hydrogen-bond acceptors (Lipinski definition) is 3. The van der Waals surface area contributed by atoms with Crippen molar-refractivity contribution in [3.05, 3.63) is 24.0 Å².